The fourth-order valence-electron chi connectivity index (χ4n) is 2.23. The molecule has 3 heterocycles. The van der Waals surface area contributed by atoms with Crippen molar-refractivity contribution in [1.29, 1.82) is 0 Å². The van der Waals surface area contributed by atoms with Crippen LogP contribution in [0.3, 0.4) is 0 Å². The first-order valence-electron chi connectivity index (χ1n) is 6.64. The Morgan fingerprint density at radius 3 is 3.10 bits per heavy atom. The fraction of sp³-hybridized carbons (Fsp3) is 0.538. The van der Waals surface area contributed by atoms with Gasteiger partial charge in [-0.3, -0.25) is 0 Å². The van der Waals surface area contributed by atoms with Gasteiger partial charge in [0.05, 0.1) is 7.11 Å². The van der Waals surface area contributed by atoms with Crippen LogP contribution in [0.4, 0.5) is 0 Å². The lowest BCUT2D eigenvalue weighted by atomic mass is 10.0. The summed E-state index contributed by atoms with van der Waals surface area (Å²) in [4.78, 5) is 12.5. The zero-order valence-corrected chi connectivity index (χ0v) is 11.3. The summed E-state index contributed by atoms with van der Waals surface area (Å²) in [5.41, 5.74) is 0.594. The number of ether oxygens (including phenoxy) is 2. The van der Waals surface area contributed by atoms with E-state index in [0.717, 1.165) is 32.5 Å². The largest absolute Gasteiger partial charge is 0.481 e. The molecule has 0 spiro atoms. The molecule has 0 radical (unpaired) electrons. The highest BCUT2D eigenvalue weighted by molar-refractivity contribution is 5.49. The van der Waals surface area contributed by atoms with Crippen LogP contribution in [-0.2, 0) is 4.74 Å². The molecule has 1 aliphatic rings. The highest BCUT2D eigenvalue weighted by atomic mass is 16.5. The van der Waals surface area contributed by atoms with E-state index in [0.29, 0.717) is 23.3 Å². The van der Waals surface area contributed by atoms with Gasteiger partial charge in [0.2, 0.25) is 17.6 Å². The highest BCUT2D eigenvalue weighted by Crippen LogP contribution is 2.27. The first-order chi connectivity index (χ1) is 9.86. The standard InChI is InChI=1S/C13H16N4O3/c1-18-11-7-10(14-8-15-11)12-16-13(20-17-12)9-3-2-5-19-6-4-9/h7-9H,2-6H2,1H3/t9-/m0/s1. The van der Waals surface area contributed by atoms with E-state index >= 15 is 0 Å². The van der Waals surface area contributed by atoms with Gasteiger partial charge in [0.25, 0.3) is 0 Å². The number of nitrogens with zero attached hydrogens (tertiary/aromatic N) is 4. The van der Waals surface area contributed by atoms with Gasteiger partial charge in [0.1, 0.15) is 12.0 Å². The molecular formula is C13H16N4O3. The molecular weight excluding hydrogens is 260 g/mol. The van der Waals surface area contributed by atoms with E-state index in [2.05, 4.69) is 20.1 Å². The third-order valence-electron chi connectivity index (χ3n) is 3.32. The van der Waals surface area contributed by atoms with Crippen LogP contribution in [0.5, 0.6) is 5.88 Å². The molecule has 1 saturated heterocycles. The maximum Gasteiger partial charge on any atom is 0.230 e. The Morgan fingerprint density at radius 2 is 2.20 bits per heavy atom. The molecule has 106 valence electrons. The van der Waals surface area contributed by atoms with E-state index in [1.807, 2.05) is 0 Å². The topological polar surface area (TPSA) is 83.2 Å². The second kappa shape index (κ2) is 5.96. The van der Waals surface area contributed by atoms with E-state index in [1.54, 1.807) is 13.2 Å². The first-order valence-corrected chi connectivity index (χ1v) is 6.64. The minimum Gasteiger partial charge on any atom is -0.481 e. The van der Waals surface area contributed by atoms with Gasteiger partial charge in [0, 0.05) is 25.2 Å². The maximum absolute atomic E-state index is 5.44. The summed E-state index contributed by atoms with van der Waals surface area (Å²) in [6.07, 6.45) is 4.36. The monoisotopic (exact) mass is 276 g/mol. The number of aromatic nitrogens is 4. The normalized spacial score (nSPS) is 19.6. The quantitative estimate of drug-likeness (QED) is 0.845. The van der Waals surface area contributed by atoms with Crippen molar-refractivity contribution < 1.29 is 14.0 Å². The number of rotatable bonds is 3. The third kappa shape index (κ3) is 2.77. The number of methoxy groups -OCH3 is 1. The maximum atomic E-state index is 5.44. The summed E-state index contributed by atoms with van der Waals surface area (Å²) in [6.45, 7) is 1.55. The minimum absolute atomic E-state index is 0.266. The van der Waals surface area contributed by atoms with Crippen LogP contribution in [0.1, 0.15) is 31.1 Å². The minimum atomic E-state index is 0.266. The smallest absolute Gasteiger partial charge is 0.230 e. The summed E-state index contributed by atoms with van der Waals surface area (Å²) >= 11 is 0. The molecule has 0 unspecified atom stereocenters. The van der Waals surface area contributed by atoms with Crippen molar-refractivity contribution in [1.82, 2.24) is 20.1 Å². The van der Waals surface area contributed by atoms with Crippen LogP contribution in [0.25, 0.3) is 11.5 Å². The van der Waals surface area contributed by atoms with E-state index in [1.165, 1.54) is 6.33 Å². The van der Waals surface area contributed by atoms with Gasteiger partial charge >= 0.3 is 0 Å². The van der Waals surface area contributed by atoms with Gasteiger partial charge in [-0.05, 0) is 19.3 Å². The van der Waals surface area contributed by atoms with Crippen molar-refractivity contribution in [2.45, 2.75) is 25.2 Å². The van der Waals surface area contributed by atoms with Crippen molar-refractivity contribution in [3.05, 3.63) is 18.3 Å². The Labute approximate surface area is 116 Å². The lowest BCUT2D eigenvalue weighted by molar-refractivity contribution is 0.142. The zero-order valence-electron chi connectivity index (χ0n) is 11.3. The molecule has 0 bridgehead atoms. The van der Waals surface area contributed by atoms with Crippen LogP contribution in [-0.4, -0.2) is 40.4 Å². The molecule has 20 heavy (non-hydrogen) atoms. The summed E-state index contributed by atoms with van der Waals surface area (Å²) in [5.74, 6) is 1.86. The molecule has 0 aliphatic carbocycles. The second-order valence-electron chi connectivity index (χ2n) is 4.64. The van der Waals surface area contributed by atoms with Crippen molar-refractivity contribution in [2.75, 3.05) is 20.3 Å². The van der Waals surface area contributed by atoms with Crippen molar-refractivity contribution in [3.63, 3.8) is 0 Å². The number of hydrogen-bond donors (Lipinski definition) is 0. The van der Waals surface area contributed by atoms with Crippen molar-refractivity contribution in [3.8, 4) is 17.4 Å². The SMILES string of the molecule is COc1cc(-c2noc([C@H]3CCCOCC3)n2)ncn1. The Kier molecular flexibility index (Phi) is 3.87. The molecule has 1 fully saturated rings. The van der Waals surface area contributed by atoms with Crippen LogP contribution in [0, 0.1) is 0 Å². The van der Waals surface area contributed by atoms with E-state index < -0.39 is 0 Å². The first kappa shape index (κ1) is 13.0. The van der Waals surface area contributed by atoms with Crippen LogP contribution in [0.2, 0.25) is 0 Å². The fourth-order valence-corrected chi connectivity index (χ4v) is 2.23. The Bertz CT molecular complexity index is 564. The van der Waals surface area contributed by atoms with Gasteiger partial charge < -0.3 is 14.0 Å². The van der Waals surface area contributed by atoms with E-state index in [-0.39, 0.29) is 5.92 Å². The molecule has 0 N–H and O–H groups in total. The molecule has 2 aromatic heterocycles. The predicted octanol–water partition coefficient (Wildman–Crippen LogP) is 1.82. The van der Waals surface area contributed by atoms with Gasteiger partial charge in [-0.25, -0.2) is 9.97 Å². The van der Waals surface area contributed by atoms with Crippen LogP contribution < -0.4 is 4.74 Å². The van der Waals surface area contributed by atoms with E-state index in [4.69, 9.17) is 14.0 Å². The average molecular weight is 276 g/mol. The molecule has 7 heteroatoms. The van der Waals surface area contributed by atoms with Gasteiger partial charge in [0.15, 0.2) is 0 Å². The summed E-state index contributed by atoms with van der Waals surface area (Å²) in [7, 11) is 1.55. The summed E-state index contributed by atoms with van der Waals surface area (Å²) in [6, 6.07) is 1.69. The Morgan fingerprint density at radius 1 is 1.25 bits per heavy atom. The molecule has 1 aliphatic heterocycles. The van der Waals surface area contributed by atoms with Gasteiger partial charge in [-0.15, -0.1) is 0 Å². The highest BCUT2D eigenvalue weighted by Gasteiger charge is 2.21. The van der Waals surface area contributed by atoms with Crippen molar-refractivity contribution in [2.24, 2.45) is 0 Å². The molecule has 3 rings (SSSR count). The van der Waals surface area contributed by atoms with Gasteiger partial charge in [-0.2, -0.15) is 4.98 Å². The van der Waals surface area contributed by atoms with E-state index in [9.17, 15) is 0 Å². The third-order valence-corrected chi connectivity index (χ3v) is 3.32. The lowest BCUT2D eigenvalue weighted by Crippen LogP contribution is -2.00. The van der Waals surface area contributed by atoms with Crippen LogP contribution >= 0.6 is 0 Å². The molecule has 2 aromatic rings. The van der Waals surface area contributed by atoms with Crippen LogP contribution in [0.15, 0.2) is 16.9 Å². The summed E-state index contributed by atoms with van der Waals surface area (Å²) in [5, 5.41) is 3.99. The molecule has 7 nitrogen and oxygen atoms in total. The Balaban J connectivity index is 1.81. The molecule has 0 amide bonds. The molecule has 1 atom stereocenters. The zero-order chi connectivity index (χ0) is 13.8. The average Bonchev–Trinajstić information content (AvgIpc) is 2.83. The molecule has 0 saturated carbocycles. The second-order valence-corrected chi connectivity index (χ2v) is 4.64. The van der Waals surface area contributed by atoms with Crippen molar-refractivity contribution >= 4 is 0 Å². The lowest BCUT2D eigenvalue weighted by Gasteiger charge is -2.06. The predicted molar refractivity (Wildman–Crippen MR) is 69.3 cm³/mol. The number of hydrogen-bond acceptors (Lipinski definition) is 7. The summed E-state index contributed by atoms with van der Waals surface area (Å²) < 4.78 is 15.9. The Hall–Kier alpha value is -2.02. The van der Waals surface area contributed by atoms with Gasteiger partial charge in [-0.1, -0.05) is 5.16 Å². The molecule has 0 aromatic carbocycles.